The standard InChI is InChI=1S/C47H33BN3O2/c1-27-23-36(34-25-35-32-13-8-10-16-40(32)52-42(35)26-38(34)49-30-18-20-31(21-19-30)50(2)3)44-46-43(27)33-14-7-9-15-39(33)51(46)45-37-24-29(28-11-5-4-6-12-28)17-22-41(37)53-47(45)48-44/h4-26,49H,1-3H3. The second-order valence-corrected chi connectivity index (χ2v) is 14.3. The van der Waals surface area contributed by atoms with Gasteiger partial charge in [0.25, 0.3) is 0 Å². The van der Waals surface area contributed by atoms with Gasteiger partial charge >= 0.3 is 0 Å². The van der Waals surface area contributed by atoms with Crippen LogP contribution < -0.4 is 21.3 Å². The molecule has 0 bridgehead atoms. The SMILES string of the molecule is Cc1cc(-c2cc3c(cc2Nc2ccc(N(C)C)cc2)oc2ccccc23)c2c3c1c1ccccc1n3-c1c(oc3ccc(-c4ccccc4)cc13)[B]2. The molecule has 0 fully saturated rings. The van der Waals surface area contributed by atoms with E-state index in [1.54, 1.807) is 0 Å². The molecule has 0 atom stereocenters. The molecular weight excluding hydrogens is 649 g/mol. The molecule has 0 amide bonds. The van der Waals surface area contributed by atoms with E-state index in [0.29, 0.717) is 0 Å². The largest absolute Gasteiger partial charge is 0.469 e. The number of aryl methyl sites for hydroxylation is 1. The monoisotopic (exact) mass is 682 g/mol. The van der Waals surface area contributed by atoms with Crippen LogP contribution in [-0.2, 0) is 0 Å². The van der Waals surface area contributed by atoms with E-state index < -0.39 is 0 Å². The first-order chi connectivity index (χ1) is 26.0. The van der Waals surface area contributed by atoms with Crippen LogP contribution in [0.5, 0.6) is 0 Å². The highest BCUT2D eigenvalue weighted by atomic mass is 16.3. The molecule has 10 aromatic rings. The molecule has 4 heterocycles. The molecule has 1 aliphatic heterocycles. The fraction of sp³-hybridized carbons (Fsp3) is 0.0638. The quantitative estimate of drug-likeness (QED) is 0.184. The van der Waals surface area contributed by atoms with Gasteiger partial charge in [-0.2, -0.15) is 0 Å². The Kier molecular flexibility index (Phi) is 6.33. The molecule has 6 heteroatoms. The molecule has 1 aliphatic rings. The number of hydrogen-bond donors (Lipinski definition) is 1. The van der Waals surface area contributed by atoms with Crippen molar-refractivity contribution in [3.8, 4) is 27.9 Å². The van der Waals surface area contributed by atoms with Crippen molar-refractivity contribution in [2.75, 3.05) is 24.3 Å². The summed E-state index contributed by atoms with van der Waals surface area (Å²) in [6.07, 6.45) is 0. The first-order valence-electron chi connectivity index (χ1n) is 18.0. The molecule has 3 aromatic heterocycles. The van der Waals surface area contributed by atoms with Crippen molar-refractivity contribution in [3.63, 3.8) is 0 Å². The lowest BCUT2D eigenvalue weighted by Gasteiger charge is -2.22. The third kappa shape index (κ3) is 4.45. The summed E-state index contributed by atoms with van der Waals surface area (Å²) < 4.78 is 15.7. The average Bonchev–Trinajstić information content (AvgIpc) is 3.86. The molecule has 1 radical (unpaired) electrons. The molecule has 0 spiro atoms. The molecule has 251 valence electrons. The van der Waals surface area contributed by atoms with Crippen molar-refractivity contribution in [1.82, 2.24) is 4.57 Å². The predicted octanol–water partition coefficient (Wildman–Crippen LogP) is 10.8. The zero-order valence-corrected chi connectivity index (χ0v) is 29.6. The topological polar surface area (TPSA) is 46.5 Å². The number of nitrogens with one attached hydrogen (secondary N) is 1. The van der Waals surface area contributed by atoms with Gasteiger partial charge in [-0.3, -0.25) is 0 Å². The molecule has 5 nitrogen and oxygen atoms in total. The lowest BCUT2D eigenvalue weighted by atomic mass is 9.62. The zero-order valence-electron chi connectivity index (χ0n) is 29.6. The van der Waals surface area contributed by atoms with Crippen LogP contribution in [0.1, 0.15) is 5.56 Å². The lowest BCUT2D eigenvalue weighted by Crippen LogP contribution is -2.36. The number of nitrogens with zero attached hydrogens (tertiary/aromatic N) is 2. The van der Waals surface area contributed by atoms with E-state index in [1.165, 1.54) is 38.5 Å². The summed E-state index contributed by atoms with van der Waals surface area (Å²) in [7, 11) is 6.39. The minimum Gasteiger partial charge on any atom is -0.469 e. The summed E-state index contributed by atoms with van der Waals surface area (Å²) in [6.45, 7) is 2.24. The number of anilines is 3. The summed E-state index contributed by atoms with van der Waals surface area (Å²) in [4.78, 5) is 2.11. The molecule has 0 aliphatic carbocycles. The second kappa shape index (κ2) is 11.2. The Balaban J connectivity index is 1.20. The van der Waals surface area contributed by atoms with Gasteiger partial charge < -0.3 is 23.6 Å². The number of furan rings is 2. The third-order valence-corrected chi connectivity index (χ3v) is 10.9. The Bertz CT molecular complexity index is 3100. The number of rotatable bonds is 5. The first kappa shape index (κ1) is 30.0. The number of hydrogen-bond acceptors (Lipinski definition) is 4. The van der Waals surface area contributed by atoms with Gasteiger partial charge in [-0.1, -0.05) is 78.9 Å². The number of benzene rings is 7. The van der Waals surface area contributed by atoms with E-state index in [0.717, 1.165) is 77.9 Å². The van der Waals surface area contributed by atoms with Gasteiger partial charge in [0, 0.05) is 69.5 Å². The molecule has 11 rings (SSSR count). The highest BCUT2D eigenvalue weighted by molar-refractivity contribution is 6.73. The van der Waals surface area contributed by atoms with Crippen LogP contribution in [0, 0.1) is 6.92 Å². The molecule has 1 N–H and O–H groups in total. The van der Waals surface area contributed by atoms with E-state index in [2.05, 4.69) is 170 Å². The van der Waals surface area contributed by atoms with Crippen LogP contribution in [0.3, 0.4) is 0 Å². The fourth-order valence-electron chi connectivity index (χ4n) is 8.46. The summed E-state index contributed by atoms with van der Waals surface area (Å²) >= 11 is 0. The first-order valence-corrected chi connectivity index (χ1v) is 18.0. The third-order valence-electron chi connectivity index (χ3n) is 10.9. The molecule has 53 heavy (non-hydrogen) atoms. The second-order valence-electron chi connectivity index (χ2n) is 14.3. The number of fused-ring (bicyclic) bond motifs is 10. The average molecular weight is 683 g/mol. The summed E-state index contributed by atoms with van der Waals surface area (Å²) in [5.74, 6) is 0. The summed E-state index contributed by atoms with van der Waals surface area (Å²) in [6, 6.07) is 49.5. The van der Waals surface area contributed by atoms with Crippen molar-refractivity contribution in [2.45, 2.75) is 6.92 Å². The van der Waals surface area contributed by atoms with Crippen molar-refractivity contribution < 1.29 is 8.83 Å². The Morgan fingerprint density at radius 2 is 1.36 bits per heavy atom. The molecule has 0 saturated heterocycles. The van der Waals surface area contributed by atoms with E-state index in [1.807, 2.05) is 12.1 Å². The van der Waals surface area contributed by atoms with Gasteiger partial charge in [0.15, 0.2) is 0 Å². The maximum atomic E-state index is 6.77. The highest BCUT2D eigenvalue weighted by Gasteiger charge is 2.32. The van der Waals surface area contributed by atoms with E-state index in [9.17, 15) is 0 Å². The minimum atomic E-state index is 0.848. The van der Waals surface area contributed by atoms with Gasteiger partial charge in [-0.05, 0) is 89.2 Å². The predicted molar refractivity (Wildman–Crippen MR) is 223 cm³/mol. The molecule has 7 aromatic carbocycles. The maximum absolute atomic E-state index is 6.77. The normalized spacial score (nSPS) is 12.2. The zero-order chi connectivity index (χ0) is 35.4. The molecule has 0 unspecified atom stereocenters. The molecule has 0 saturated carbocycles. The van der Waals surface area contributed by atoms with Gasteiger partial charge in [-0.15, -0.1) is 0 Å². The van der Waals surface area contributed by atoms with Gasteiger partial charge in [0.1, 0.15) is 16.7 Å². The minimum absolute atomic E-state index is 0.848. The number of para-hydroxylation sites is 2. The van der Waals surface area contributed by atoms with Crippen LogP contribution in [-0.4, -0.2) is 25.9 Å². The van der Waals surface area contributed by atoms with Crippen LogP contribution in [0.25, 0.3) is 82.7 Å². The smallest absolute Gasteiger partial charge is 0.247 e. The van der Waals surface area contributed by atoms with Crippen molar-refractivity contribution in [3.05, 3.63) is 145 Å². The van der Waals surface area contributed by atoms with Gasteiger partial charge in [-0.25, -0.2) is 0 Å². The Morgan fingerprint density at radius 3 is 2.19 bits per heavy atom. The van der Waals surface area contributed by atoms with E-state index in [4.69, 9.17) is 8.83 Å². The summed E-state index contributed by atoms with van der Waals surface area (Å²) in [5.41, 5.74) is 17.0. The van der Waals surface area contributed by atoms with E-state index in [-0.39, 0.29) is 0 Å². The fourth-order valence-corrected chi connectivity index (χ4v) is 8.46. The highest BCUT2D eigenvalue weighted by Crippen LogP contribution is 2.43. The Labute approximate surface area is 306 Å². The lowest BCUT2D eigenvalue weighted by molar-refractivity contribution is 0.650. The van der Waals surface area contributed by atoms with Crippen LogP contribution in [0.2, 0.25) is 0 Å². The van der Waals surface area contributed by atoms with Crippen LogP contribution >= 0.6 is 0 Å². The van der Waals surface area contributed by atoms with Crippen LogP contribution in [0.15, 0.2) is 148 Å². The van der Waals surface area contributed by atoms with Crippen molar-refractivity contribution in [1.29, 1.82) is 0 Å². The Hall–Kier alpha value is -6.66. The number of aromatic nitrogens is 1. The van der Waals surface area contributed by atoms with Crippen molar-refractivity contribution >= 4 is 90.2 Å². The van der Waals surface area contributed by atoms with E-state index >= 15 is 0 Å². The maximum Gasteiger partial charge on any atom is 0.247 e. The van der Waals surface area contributed by atoms with Crippen LogP contribution in [0.4, 0.5) is 17.1 Å². The Morgan fingerprint density at radius 1 is 0.604 bits per heavy atom. The van der Waals surface area contributed by atoms with Gasteiger partial charge in [0.05, 0.1) is 22.6 Å². The summed E-state index contributed by atoms with van der Waals surface area (Å²) in [5, 5.41) is 9.58. The molecular formula is C47H33BN3O2. The van der Waals surface area contributed by atoms with Crippen molar-refractivity contribution in [2.24, 2.45) is 0 Å². The van der Waals surface area contributed by atoms with Gasteiger partial charge in [0.2, 0.25) is 7.28 Å².